The lowest BCUT2D eigenvalue weighted by molar-refractivity contribution is 0.382. The Morgan fingerprint density at radius 3 is 1.75 bits per heavy atom. The Labute approximate surface area is 113 Å². The minimum atomic E-state index is -2.26. The molecule has 106 valence electrons. The number of halogens is 7. The number of hydrogen-bond acceptors (Lipinski definition) is 1. The van der Waals surface area contributed by atoms with Crippen molar-refractivity contribution < 1.29 is 26.3 Å². The highest BCUT2D eigenvalue weighted by atomic mass is 35.5. The minimum absolute atomic E-state index is 0.139. The quantitative estimate of drug-likeness (QED) is 0.471. The third kappa shape index (κ3) is 2.40. The van der Waals surface area contributed by atoms with Gasteiger partial charge in [0.15, 0.2) is 23.3 Å². The number of nitrogens with one attached hydrogen (secondary N) is 1. The van der Waals surface area contributed by atoms with Crippen molar-refractivity contribution in [3.8, 4) is 0 Å². The van der Waals surface area contributed by atoms with E-state index >= 15 is 0 Å². The molecule has 0 amide bonds. The summed E-state index contributed by atoms with van der Waals surface area (Å²) >= 11 is 5.44. The molecule has 0 aliphatic rings. The zero-order valence-electron chi connectivity index (χ0n) is 9.38. The van der Waals surface area contributed by atoms with Crippen molar-refractivity contribution in [1.29, 1.82) is 0 Å². The van der Waals surface area contributed by atoms with Crippen LogP contribution in [-0.2, 0) is 0 Å². The topological polar surface area (TPSA) is 12.0 Å². The molecule has 0 unspecified atom stereocenters. The van der Waals surface area contributed by atoms with Crippen LogP contribution in [0, 0.1) is 34.9 Å². The smallest absolute Gasteiger partial charge is 0.200 e. The molecule has 0 saturated heterocycles. The fourth-order valence-corrected chi connectivity index (χ4v) is 1.61. The molecule has 0 atom stereocenters. The summed E-state index contributed by atoms with van der Waals surface area (Å²) in [6.07, 6.45) is 0. The predicted molar refractivity (Wildman–Crippen MR) is 60.9 cm³/mol. The van der Waals surface area contributed by atoms with Gasteiger partial charge in [-0.3, -0.25) is 0 Å². The molecular weight excluding hydrogens is 308 g/mol. The van der Waals surface area contributed by atoms with Crippen molar-refractivity contribution >= 4 is 23.0 Å². The Balaban J connectivity index is 2.51. The fourth-order valence-electron chi connectivity index (χ4n) is 1.43. The van der Waals surface area contributed by atoms with Gasteiger partial charge in [-0.05, 0) is 18.2 Å². The second-order valence-corrected chi connectivity index (χ2v) is 4.11. The van der Waals surface area contributed by atoms with Gasteiger partial charge < -0.3 is 5.32 Å². The normalized spacial score (nSPS) is 10.8. The number of rotatable bonds is 2. The zero-order chi connectivity index (χ0) is 15.0. The highest BCUT2D eigenvalue weighted by Crippen LogP contribution is 2.30. The largest absolute Gasteiger partial charge is 0.350 e. The van der Waals surface area contributed by atoms with E-state index in [1.165, 1.54) is 0 Å². The van der Waals surface area contributed by atoms with Crippen LogP contribution in [-0.4, -0.2) is 0 Å². The lowest BCUT2D eigenvalue weighted by Gasteiger charge is -2.11. The summed E-state index contributed by atoms with van der Waals surface area (Å²) in [6, 6.07) is 2.84. The molecule has 2 aromatic carbocycles. The first-order valence-electron chi connectivity index (χ1n) is 5.06. The van der Waals surface area contributed by atoms with Gasteiger partial charge in [0.05, 0.1) is 5.02 Å². The van der Waals surface area contributed by atoms with Crippen molar-refractivity contribution in [2.75, 3.05) is 5.32 Å². The van der Waals surface area contributed by atoms with Gasteiger partial charge in [-0.1, -0.05) is 11.6 Å². The van der Waals surface area contributed by atoms with E-state index in [9.17, 15) is 26.3 Å². The van der Waals surface area contributed by atoms with E-state index in [-0.39, 0.29) is 10.7 Å². The lowest BCUT2D eigenvalue weighted by Crippen LogP contribution is -2.06. The predicted octanol–water partition coefficient (Wildman–Crippen LogP) is 4.92. The van der Waals surface area contributed by atoms with Crippen LogP contribution in [0.1, 0.15) is 0 Å². The average molecular weight is 312 g/mol. The Hall–Kier alpha value is -1.89. The summed E-state index contributed by atoms with van der Waals surface area (Å²) in [5.74, 6) is -11.3. The van der Waals surface area contributed by atoms with E-state index in [0.29, 0.717) is 0 Å². The van der Waals surface area contributed by atoms with Crippen LogP contribution in [0.3, 0.4) is 0 Å². The third-order valence-electron chi connectivity index (χ3n) is 2.40. The molecule has 0 aliphatic heterocycles. The zero-order valence-corrected chi connectivity index (χ0v) is 10.1. The summed E-state index contributed by atoms with van der Waals surface area (Å²) < 4.78 is 78.4. The maximum Gasteiger partial charge on any atom is 0.200 e. The summed E-state index contributed by atoms with van der Waals surface area (Å²) in [6.45, 7) is 0. The van der Waals surface area contributed by atoms with Gasteiger partial charge in [0.1, 0.15) is 11.5 Å². The van der Waals surface area contributed by atoms with E-state index in [1.54, 1.807) is 0 Å². The van der Waals surface area contributed by atoms with Gasteiger partial charge in [-0.25, -0.2) is 26.3 Å². The van der Waals surface area contributed by atoms with Crippen molar-refractivity contribution in [3.05, 3.63) is 58.1 Å². The molecular formula is C12H4ClF6N. The van der Waals surface area contributed by atoms with Crippen molar-refractivity contribution in [3.63, 3.8) is 0 Å². The number of benzene rings is 2. The molecule has 8 heteroatoms. The molecule has 0 spiro atoms. The van der Waals surface area contributed by atoms with Crippen LogP contribution in [0.5, 0.6) is 0 Å². The highest BCUT2D eigenvalue weighted by Gasteiger charge is 2.25. The molecule has 0 aliphatic carbocycles. The number of hydrogen-bond donors (Lipinski definition) is 1. The molecule has 0 radical (unpaired) electrons. The Bertz CT molecular complexity index is 659. The van der Waals surface area contributed by atoms with Gasteiger partial charge in [0.25, 0.3) is 0 Å². The maximum atomic E-state index is 13.4. The molecule has 0 heterocycles. The Morgan fingerprint density at radius 2 is 1.25 bits per heavy atom. The minimum Gasteiger partial charge on any atom is -0.350 e. The number of anilines is 2. The first-order chi connectivity index (χ1) is 9.32. The molecule has 1 nitrogen and oxygen atoms in total. The summed E-state index contributed by atoms with van der Waals surface area (Å²) in [7, 11) is 0. The van der Waals surface area contributed by atoms with Gasteiger partial charge in [0, 0.05) is 5.69 Å². The second kappa shape index (κ2) is 5.24. The maximum absolute atomic E-state index is 13.4. The molecule has 0 fully saturated rings. The summed E-state index contributed by atoms with van der Waals surface area (Å²) in [5.41, 5.74) is -1.39. The van der Waals surface area contributed by atoms with Crippen molar-refractivity contribution in [2.24, 2.45) is 0 Å². The summed E-state index contributed by atoms with van der Waals surface area (Å²) in [4.78, 5) is 0. The van der Waals surface area contributed by atoms with Gasteiger partial charge in [-0.15, -0.1) is 0 Å². The molecule has 2 rings (SSSR count). The average Bonchev–Trinajstić information content (AvgIpc) is 2.43. The van der Waals surface area contributed by atoms with E-state index < -0.39 is 40.6 Å². The standard InChI is InChI=1S/C12H4ClF6N/c13-5-3-4(1-2-6(5)14)20-12-10(18)8(16)7(15)9(17)11(12)19/h1-3,20H. The van der Waals surface area contributed by atoms with Gasteiger partial charge in [-0.2, -0.15) is 0 Å². The van der Waals surface area contributed by atoms with Crippen molar-refractivity contribution in [1.82, 2.24) is 0 Å². The second-order valence-electron chi connectivity index (χ2n) is 3.70. The molecule has 1 N–H and O–H groups in total. The third-order valence-corrected chi connectivity index (χ3v) is 2.69. The monoisotopic (exact) mass is 311 g/mol. The molecule has 20 heavy (non-hydrogen) atoms. The molecule has 0 saturated carbocycles. The Morgan fingerprint density at radius 1 is 0.750 bits per heavy atom. The summed E-state index contributed by atoms with van der Waals surface area (Å²) in [5, 5.41) is 1.59. The van der Waals surface area contributed by atoms with Crippen molar-refractivity contribution in [2.45, 2.75) is 0 Å². The van der Waals surface area contributed by atoms with Crippen LogP contribution < -0.4 is 5.32 Å². The van der Waals surface area contributed by atoms with E-state index in [0.717, 1.165) is 18.2 Å². The van der Waals surface area contributed by atoms with Crippen LogP contribution in [0.25, 0.3) is 0 Å². The van der Waals surface area contributed by atoms with Gasteiger partial charge >= 0.3 is 0 Å². The van der Waals surface area contributed by atoms with Gasteiger partial charge in [0.2, 0.25) is 5.82 Å². The first kappa shape index (κ1) is 14.5. The van der Waals surface area contributed by atoms with Crippen LogP contribution in [0.15, 0.2) is 18.2 Å². The molecule has 2 aromatic rings. The van der Waals surface area contributed by atoms with E-state index in [4.69, 9.17) is 11.6 Å². The SMILES string of the molecule is Fc1ccc(Nc2c(F)c(F)c(F)c(F)c2F)cc1Cl. The fraction of sp³-hybridized carbons (Fsp3) is 0. The molecule has 0 aromatic heterocycles. The van der Waals surface area contributed by atoms with E-state index in [1.807, 2.05) is 5.32 Å². The van der Waals surface area contributed by atoms with Crippen LogP contribution in [0.2, 0.25) is 5.02 Å². The van der Waals surface area contributed by atoms with Crippen LogP contribution >= 0.6 is 11.6 Å². The molecule has 0 bridgehead atoms. The van der Waals surface area contributed by atoms with E-state index in [2.05, 4.69) is 0 Å². The Kier molecular flexibility index (Phi) is 3.80. The lowest BCUT2D eigenvalue weighted by atomic mass is 10.2. The highest BCUT2D eigenvalue weighted by molar-refractivity contribution is 6.31. The van der Waals surface area contributed by atoms with Crippen LogP contribution in [0.4, 0.5) is 37.7 Å². The first-order valence-corrected chi connectivity index (χ1v) is 5.44.